The van der Waals surface area contributed by atoms with Gasteiger partial charge in [0.05, 0.1) is 6.04 Å². The van der Waals surface area contributed by atoms with Crippen LogP contribution < -0.4 is 11.3 Å². The van der Waals surface area contributed by atoms with E-state index in [1.807, 2.05) is 23.9 Å². The monoisotopic (exact) mass is 284 g/mol. The summed E-state index contributed by atoms with van der Waals surface area (Å²) in [6.07, 6.45) is 4.24. The zero-order valence-electron chi connectivity index (χ0n) is 9.90. The van der Waals surface area contributed by atoms with Gasteiger partial charge in [0.1, 0.15) is 5.82 Å². The van der Waals surface area contributed by atoms with Crippen molar-refractivity contribution < 1.29 is 0 Å². The molecule has 18 heavy (non-hydrogen) atoms. The van der Waals surface area contributed by atoms with Crippen molar-refractivity contribution in [1.82, 2.24) is 15.0 Å². The molecule has 1 aromatic heterocycles. The van der Waals surface area contributed by atoms with Gasteiger partial charge in [-0.05, 0) is 30.2 Å². The number of aromatic nitrogens is 2. The van der Waals surface area contributed by atoms with Crippen LogP contribution in [0.4, 0.5) is 0 Å². The van der Waals surface area contributed by atoms with Crippen LogP contribution in [-0.4, -0.2) is 9.55 Å². The maximum Gasteiger partial charge on any atom is 0.127 e. The van der Waals surface area contributed by atoms with Crippen LogP contribution in [0.15, 0.2) is 30.6 Å². The average Bonchev–Trinajstić information content (AvgIpc) is 2.77. The van der Waals surface area contributed by atoms with Crippen molar-refractivity contribution in [3.8, 4) is 0 Å². The molecule has 1 heterocycles. The van der Waals surface area contributed by atoms with Crippen molar-refractivity contribution in [2.75, 3.05) is 0 Å². The quantitative estimate of drug-likeness (QED) is 0.670. The number of benzene rings is 1. The molecule has 0 aliphatic heterocycles. The van der Waals surface area contributed by atoms with Gasteiger partial charge in [-0.25, -0.2) is 10.4 Å². The van der Waals surface area contributed by atoms with Gasteiger partial charge in [0.2, 0.25) is 0 Å². The van der Waals surface area contributed by atoms with Crippen molar-refractivity contribution in [3.05, 3.63) is 52.0 Å². The molecule has 6 heteroatoms. The molecule has 0 aliphatic carbocycles. The molecule has 0 aliphatic rings. The van der Waals surface area contributed by atoms with E-state index in [4.69, 9.17) is 29.0 Å². The highest BCUT2D eigenvalue weighted by Gasteiger charge is 2.16. The van der Waals surface area contributed by atoms with E-state index >= 15 is 0 Å². The van der Waals surface area contributed by atoms with Crippen LogP contribution in [0.1, 0.15) is 17.4 Å². The van der Waals surface area contributed by atoms with E-state index in [-0.39, 0.29) is 6.04 Å². The van der Waals surface area contributed by atoms with Gasteiger partial charge in [0.25, 0.3) is 0 Å². The number of hydrogen-bond acceptors (Lipinski definition) is 3. The molecule has 0 bridgehead atoms. The fraction of sp³-hybridized carbons (Fsp3) is 0.250. The van der Waals surface area contributed by atoms with Crippen LogP contribution >= 0.6 is 23.2 Å². The zero-order chi connectivity index (χ0) is 13.1. The highest BCUT2D eigenvalue weighted by Crippen LogP contribution is 2.25. The molecular formula is C12H14Cl2N4. The number of nitrogens with two attached hydrogens (primary N) is 1. The molecule has 3 N–H and O–H groups in total. The van der Waals surface area contributed by atoms with Gasteiger partial charge in [-0.15, -0.1) is 0 Å². The van der Waals surface area contributed by atoms with Crippen LogP contribution in [0, 0.1) is 0 Å². The highest BCUT2D eigenvalue weighted by molar-refractivity contribution is 6.33. The summed E-state index contributed by atoms with van der Waals surface area (Å²) in [6.45, 7) is 0. The lowest BCUT2D eigenvalue weighted by molar-refractivity contribution is 0.507. The highest BCUT2D eigenvalue weighted by atomic mass is 35.5. The molecule has 1 aromatic carbocycles. The van der Waals surface area contributed by atoms with E-state index in [0.717, 1.165) is 11.4 Å². The molecule has 0 saturated carbocycles. The standard InChI is InChI=1S/C12H14Cl2N4/c1-18-5-4-16-12(18)11(17-15)7-8-6-9(13)2-3-10(8)14/h2-6,11,17H,7,15H2,1H3. The Kier molecular flexibility index (Phi) is 4.24. The molecule has 0 spiro atoms. The molecule has 1 unspecified atom stereocenters. The molecular weight excluding hydrogens is 271 g/mol. The van der Waals surface area contributed by atoms with Gasteiger partial charge < -0.3 is 4.57 Å². The summed E-state index contributed by atoms with van der Waals surface area (Å²) in [5, 5.41) is 1.33. The van der Waals surface area contributed by atoms with E-state index < -0.39 is 0 Å². The summed E-state index contributed by atoms with van der Waals surface area (Å²) in [4.78, 5) is 4.28. The van der Waals surface area contributed by atoms with Gasteiger partial charge in [-0.3, -0.25) is 5.84 Å². The lowest BCUT2D eigenvalue weighted by Gasteiger charge is -2.16. The lowest BCUT2D eigenvalue weighted by atomic mass is 10.1. The SMILES string of the molecule is Cn1ccnc1C(Cc1cc(Cl)ccc1Cl)NN. The van der Waals surface area contributed by atoms with Crippen LogP contribution in [0.2, 0.25) is 10.0 Å². The van der Waals surface area contributed by atoms with Crippen molar-refractivity contribution in [2.45, 2.75) is 12.5 Å². The lowest BCUT2D eigenvalue weighted by Crippen LogP contribution is -2.31. The Morgan fingerprint density at radius 1 is 1.44 bits per heavy atom. The van der Waals surface area contributed by atoms with Crippen molar-refractivity contribution in [1.29, 1.82) is 0 Å². The van der Waals surface area contributed by atoms with E-state index in [1.165, 1.54) is 0 Å². The number of rotatable bonds is 4. The smallest absolute Gasteiger partial charge is 0.127 e. The predicted molar refractivity (Wildman–Crippen MR) is 73.4 cm³/mol. The zero-order valence-corrected chi connectivity index (χ0v) is 11.4. The van der Waals surface area contributed by atoms with E-state index in [0.29, 0.717) is 16.5 Å². The molecule has 96 valence electrons. The number of nitrogens with one attached hydrogen (secondary N) is 1. The van der Waals surface area contributed by atoms with Crippen LogP contribution in [0.5, 0.6) is 0 Å². The first-order valence-electron chi connectivity index (χ1n) is 5.49. The van der Waals surface area contributed by atoms with E-state index in [1.54, 1.807) is 18.3 Å². The van der Waals surface area contributed by atoms with Gasteiger partial charge in [-0.2, -0.15) is 0 Å². The number of halogens is 2. The maximum atomic E-state index is 6.14. The summed E-state index contributed by atoms with van der Waals surface area (Å²) >= 11 is 12.1. The summed E-state index contributed by atoms with van der Waals surface area (Å²) in [5.41, 5.74) is 3.70. The first-order valence-corrected chi connectivity index (χ1v) is 6.24. The summed E-state index contributed by atoms with van der Waals surface area (Å²) in [6, 6.07) is 5.28. The predicted octanol–water partition coefficient (Wildman–Crippen LogP) is 2.47. The third-order valence-corrected chi connectivity index (χ3v) is 3.41. The molecule has 0 amide bonds. The van der Waals surface area contributed by atoms with Crippen molar-refractivity contribution in [2.24, 2.45) is 12.9 Å². The first-order chi connectivity index (χ1) is 8.61. The Morgan fingerprint density at radius 2 is 2.22 bits per heavy atom. The minimum absolute atomic E-state index is 0.110. The largest absolute Gasteiger partial charge is 0.337 e. The van der Waals surface area contributed by atoms with E-state index in [2.05, 4.69) is 10.4 Å². The number of nitrogens with zero attached hydrogens (tertiary/aromatic N) is 2. The second-order valence-corrected chi connectivity index (χ2v) is 4.90. The van der Waals surface area contributed by atoms with Crippen LogP contribution in [0.3, 0.4) is 0 Å². The third kappa shape index (κ3) is 2.84. The molecule has 0 saturated heterocycles. The van der Waals surface area contributed by atoms with Crippen molar-refractivity contribution >= 4 is 23.2 Å². The average molecular weight is 285 g/mol. The first kappa shape index (κ1) is 13.4. The van der Waals surface area contributed by atoms with Crippen LogP contribution in [-0.2, 0) is 13.5 Å². The second kappa shape index (κ2) is 5.71. The molecule has 2 rings (SSSR count). The summed E-state index contributed by atoms with van der Waals surface area (Å²) in [5.74, 6) is 6.44. The molecule has 1 atom stereocenters. The Hall–Kier alpha value is -1.07. The number of hydrazine groups is 1. The number of aryl methyl sites for hydroxylation is 1. The molecule has 0 fully saturated rings. The Bertz CT molecular complexity index is 539. The number of imidazole rings is 1. The van der Waals surface area contributed by atoms with Crippen LogP contribution in [0.25, 0.3) is 0 Å². The fourth-order valence-electron chi connectivity index (χ4n) is 1.86. The Balaban J connectivity index is 2.26. The fourth-order valence-corrected chi connectivity index (χ4v) is 2.25. The summed E-state index contributed by atoms with van der Waals surface area (Å²) < 4.78 is 1.92. The molecule has 0 radical (unpaired) electrons. The van der Waals surface area contributed by atoms with Crippen molar-refractivity contribution in [3.63, 3.8) is 0 Å². The number of hydrogen-bond donors (Lipinski definition) is 2. The molecule has 4 nitrogen and oxygen atoms in total. The third-order valence-electron chi connectivity index (χ3n) is 2.80. The van der Waals surface area contributed by atoms with Gasteiger partial charge in [0.15, 0.2) is 0 Å². The molecule has 2 aromatic rings. The summed E-state index contributed by atoms with van der Waals surface area (Å²) in [7, 11) is 1.92. The second-order valence-electron chi connectivity index (χ2n) is 4.06. The maximum absolute atomic E-state index is 6.14. The minimum Gasteiger partial charge on any atom is -0.337 e. The van der Waals surface area contributed by atoms with E-state index in [9.17, 15) is 0 Å². The topological polar surface area (TPSA) is 55.9 Å². The van der Waals surface area contributed by atoms with Gasteiger partial charge in [0, 0.05) is 29.5 Å². The normalized spacial score (nSPS) is 12.7. The van der Waals surface area contributed by atoms with Gasteiger partial charge in [-0.1, -0.05) is 23.2 Å². The minimum atomic E-state index is -0.110. The Morgan fingerprint density at radius 3 is 2.83 bits per heavy atom. The Labute approximate surface area is 116 Å². The van der Waals surface area contributed by atoms with Gasteiger partial charge >= 0.3 is 0 Å².